The highest BCUT2D eigenvalue weighted by molar-refractivity contribution is 9.08. The molecule has 0 aromatic heterocycles. The van der Waals surface area contributed by atoms with E-state index in [0.717, 1.165) is 0 Å². The van der Waals surface area contributed by atoms with Gasteiger partial charge in [-0.25, -0.2) is 0 Å². The number of para-hydroxylation sites is 1. The molecule has 0 saturated carbocycles. The lowest BCUT2D eigenvalue weighted by Gasteiger charge is -2.12. The summed E-state index contributed by atoms with van der Waals surface area (Å²) in [5.41, 5.74) is 0.522. The Morgan fingerprint density at radius 3 is 2.24 bits per heavy atom. The van der Waals surface area contributed by atoms with Crippen LogP contribution >= 0.6 is 15.9 Å². The van der Waals surface area contributed by atoms with Crippen LogP contribution in [0.15, 0.2) is 42.5 Å². The summed E-state index contributed by atoms with van der Waals surface area (Å²) in [6.45, 7) is 0. The van der Waals surface area contributed by atoms with Crippen molar-refractivity contribution in [2.75, 3.05) is 0 Å². The van der Waals surface area contributed by atoms with Crippen molar-refractivity contribution in [3.05, 3.63) is 48.0 Å². The maximum atomic E-state index is 9.75. The average Bonchev–Trinajstić information content (AvgIpc) is 2.35. The van der Waals surface area contributed by atoms with Crippen molar-refractivity contribution in [2.45, 2.75) is 5.33 Å². The molecule has 2 aromatic rings. The highest BCUT2D eigenvalue weighted by Crippen LogP contribution is 2.40. The summed E-state index contributed by atoms with van der Waals surface area (Å²) < 4.78 is 5.57. The molecule has 0 saturated heterocycles. The smallest absolute Gasteiger partial charge is 0.176 e. The Kier molecular flexibility index (Phi) is 3.54. The van der Waals surface area contributed by atoms with E-state index in [1.807, 2.05) is 18.2 Å². The first kappa shape index (κ1) is 11.8. The van der Waals surface area contributed by atoms with E-state index < -0.39 is 0 Å². The van der Waals surface area contributed by atoms with E-state index in [1.54, 1.807) is 12.1 Å². The number of halogens is 1. The van der Waals surface area contributed by atoms with Gasteiger partial charge in [-0.15, -0.1) is 0 Å². The van der Waals surface area contributed by atoms with Crippen LogP contribution in [-0.4, -0.2) is 10.2 Å². The average molecular weight is 295 g/mol. The first-order chi connectivity index (χ1) is 8.22. The van der Waals surface area contributed by atoms with Crippen LogP contribution in [0.1, 0.15) is 5.56 Å². The molecule has 2 N–H and O–H groups in total. The monoisotopic (exact) mass is 294 g/mol. The molecule has 0 heterocycles. The van der Waals surface area contributed by atoms with Gasteiger partial charge in [0.25, 0.3) is 0 Å². The predicted octanol–water partition coefficient (Wildman–Crippen LogP) is 3.79. The van der Waals surface area contributed by atoms with Gasteiger partial charge in [-0.3, -0.25) is 0 Å². The van der Waals surface area contributed by atoms with Crippen molar-refractivity contribution in [3.8, 4) is 23.0 Å². The van der Waals surface area contributed by atoms with Gasteiger partial charge in [0.15, 0.2) is 11.5 Å². The molecule has 0 aliphatic heterocycles. The summed E-state index contributed by atoms with van der Waals surface area (Å²) in [5, 5.41) is 19.8. The van der Waals surface area contributed by atoms with Gasteiger partial charge in [0.05, 0.1) is 5.56 Å². The Morgan fingerprint density at radius 2 is 1.59 bits per heavy atom. The predicted molar refractivity (Wildman–Crippen MR) is 68.9 cm³/mol. The Bertz CT molecular complexity index is 512. The topological polar surface area (TPSA) is 49.7 Å². The second-order valence-electron chi connectivity index (χ2n) is 3.46. The first-order valence-electron chi connectivity index (χ1n) is 5.05. The first-order valence-corrected chi connectivity index (χ1v) is 6.17. The third-order valence-corrected chi connectivity index (χ3v) is 2.87. The highest BCUT2D eigenvalue weighted by Gasteiger charge is 2.13. The maximum Gasteiger partial charge on any atom is 0.176 e. The summed E-state index contributed by atoms with van der Waals surface area (Å²) >= 11 is 3.26. The summed E-state index contributed by atoms with van der Waals surface area (Å²) in [6, 6.07) is 11.9. The third-order valence-electron chi connectivity index (χ3n) is 2.31. The van der Waals surface area contributed by atoms with Gasteiger partial charge in [0.2, 0.25) is 0 Å². The molecule has 0 atom stereocenters. The molecule has 0 unspecified atom stereocenters. The van der Waals surface area contributed by atoms with Crippen LogP contribution in [0, 0.1) is 0 Å². The van der Waals surface area contributed by atoms with Gasteiger partial charge in [0, 0.05) is 5.33 Å². The highest BCUT2D eigenvalue weighted by atomic mass is 79.9. The molecule has 88 valence electrons. The minimum atomic E-state index is 0.00102. The van der Waals surface area contributed by atoms with Crippen LogP contribution in [0.25, 0.3) is 0 Å². The molecule has 2 rings (SSSR count). The molecular formula is C13H11BrO3. The molecule has 0 radical (unpaired) electrons. The Hall–Kier alpha value is -1.68. The molecule has 0 spiro atoms. The van der Waals surface area contributed by atoms with Crippen LogP contribution in [-0.2, 0) is 5.33 Å². The fraction of sp³-hybridized carbons (Fsp3) is 0.0769. The van der Waals surface area contributed by atoms with Crippen LogP contribution in [0.4, 0.5) is 0 Å². The van der Waals surface area contributed by atoms with E-state index in [-0.39, 0.29) is 17.2 Å². The Morgan fingerprint density at radius 1 is 0.941 bits per heavy atom. The van der Waals surface area contributed by atoms with Crippen molar-refractivity contribution >= 4 is 15.9 Å². The zero-order valence-electron chi connectivity index (χ0n) is 8.93. The second-order valence-corrected chi connectivity index (χ2v) is 4.02. The molecule has 17 heavy (non-hydrogen) atoms. The van der Waals surface area contributed by atoms with E-state index in [1.165, 1.54) is 12.1 Å². The van der Waals surface area contributed by atoms with E-state index in [0.29, 0.717) is 16.6 Å². The molecule has 0 aliphatic carbocycles. The fourth-order valence-electron chi connectivity index (χ4n) is 1.45. The lowest BCUT2D eigenvalue weighted by molar-refractivity contribution is 0.399. The van der Waals surface area contributed by atoms with Crippen molar-refractivity contribution in [3.63, 3.8) is 0 Å². The molecule has 4 heteroatoms. The van der Waals surface area contributed by atoms with Crippen LogP contribution in [0.5, 0.6) is 23.0 Å². The van der Waals surface area contributed by atoms with Crippen LogP contribution in [0.2, 0.25) is 0 Å². The van der Waals surface area contributed by atoms with Gasteiger partial charge in [0.1, 0.15) is 11.5 Å². The molecule has 0 aliphatic rings. The lowest BCUT2D eigenvalue weighted by Crippen LogP contribution is -1.90. The van der Waals surface area contributed by atoms with Crippen molar-refractivity contribution < 1.29 is 14.9 Å². The number of rotatable bonds is 3. The molecule has 2 aromatic carbocycles. The number of hydrogen-bond donors (Lipinski definition) is 2. The lowest BCUT2D eigenvalue weighted by atomic mass is 10.2. The zero-order chi connectivity index (χ0) is 12.3. The number of ether oxygens (including phenoxy) is 1. The SMILES string of the molecule is Oc1ccc(O)c(Oc2ccccc2)c1CBr. The maximum absolute atomic E-state index is 9.75. The van der Waals surface area contributed by atoms with E-state index >= 15 is 0 Å². The summed E-state index contributed by atoms with van der Waals surface area (Å²) in [4.78, 5) is 0. The van der Waals surface area contributed by atoms with Gasteiger partial charge in [-0.2, -0.15) is 0 Å². The van der Waals surface area contributed by atoms with Gasteiger partial charge < -0.3 is 14.9 Å². The van der Waals surface area contributed by atoms with E-state index in [4.69, 9.17) is 4.74 Å². The summed E-state index contributed by atoms with van der Waals surface area (Å²) in [7, 11) is 0. The summed E-state index contributed by atoms with van der Waals surface area (Å²) in [5.74, 6) is 0.968. The van der Waals surface area contributed by atoms with Crippen LogP contribution in [0.3, 0.4) is 0 Å². The standard InChI is InChI=1S/C13H11BrO3/c14-8-10-11(15)6-7-12(16)13(10)17-9-4-2-1-3-5-9/h1-7,15-16H,8H2. The number of phenols is 2. The van der Waals surface area contributed by atoms with E-state index in [9.17, 15) is 10.2 Å². The molecule has 0 bridgehead atoms. The molecule has 3 nitrogen and oxygen atoms in total. The van der Waals surface area contributed by atoms with Crippen molar-refractivity contribution in [1.29, 1.82) is 0 Å². The number of benzene rings is 2. The van der Waals surface area contributed by atoms with Gasteiger partial charge in [-0.05, 0) is 24.3 Å². The van der Waals surface area contributed by atoms with Crippen LogP contribution < -0.4 is 4.74 Å². The largest absolute Gasteiger partial charge is 0.507 e. The van der Waals surface area contributed by atoms with Crippen molar-refractivity contribution in [2.24, 2.45) is 0 Å². The number of aromatic hydroxyl groups is 2. The van der Waals surface area contributed by atoms with Gasteiger partial charge in [-0.1, -0.05) is 34.1 Å². The molecule has 0 fully saturated rings. The minimum absolute atomic E-state index is 0.00102. The fourth-order valence-corrected chi connectivity index (χ4v) is 2.00. The van der Waals surface area contributed by atoms with E-state index in [2.05, 4.69) is 15.9 Å². The molecule has 0 amide bonds. The number of alkyl halides is 1. The van der Waals surface area contributed by atoms with Crippen molar-refractivity contribution in [1.82, 2.24) is 0 Å². The quantitative estimate of drug-likeness (QED) is 0.669. The summed E-state index contributed by atoms with van der Waals surface area (Å²) in [6.07, 6.45) is 0. The molecular weight excluding hydrogens is 284 g/mol. The number of hydrogen-bond acceptors (Lipinski definition) is 3. The van der Waals surface area contributed by atoms with Gasteiger partial charge >= 0.3 is 0 Å². The second kappa shape index (κ2) is 5.10. The zero-order valence-corrected chi connectivity index (χ0v) is 10.5. The normalized spacial score (nSPS) is 10.2. The Balaban J connectivity index is 2.41. The Labute approximate surface area is 107 Å². The minimum Gasteiger partial charge on any atom is -0.507 e. The third kappa shape index (κ3) is 2.53. The number of phenolic OH excluding ortho intramolecular Hbond substituents is 2.